The van der Waals surface area contributed by atoms with Gasteiger partial charge in [0.05, 0.1) is 6.61 Å². The smallest absolute Gasteiger partial charge is 0.224 e. The zero-order valence-electron chi connectivity index (χ0n) is 14.4. The number of carbonyl (C=O) groups excluding carboxylic acids is 2. The van der Waals surface area contributed by atoms with Gasteiger partial charge in [-0.1, -0.05) is 12.1 Å². The van der Waals surface area contributed by atoms with Gasteiger partial charge in [0, 0.05) is 17.7 Å². The standard InChI is InChI=1S/C20H23NO3/c1-14-6-7-15(2)19(13-14)24-12-4-5-20(23)21-18-10-8-17(9-11-18)16(3)22/h6-11,13H,4-5,12H2,1-3H3,(H,21,23). The Labute approximate surface area is 142 Å². The Morgan fingerprint density at radius 1 is 1.04 bits per heavy atom. The molecule has 0 aromatic heterocycles. The first-order valence-corrected chi connectivity index (χ1v) is 8.06. The lowest BCUT2D eigenvalue weighted by molar-refractivity contribution is -0.116. The molecule has 0 aliphatic carbocycles. The summed E-state index contributed by atoms with van der Waals surface area (Å²) in [5.74, 6) is 0.821. The third-order valence-electron chi connectivity index (χ3n) is 3.72. The van der Waals surface area contributed by atoms with E-state index < -0.39 is 0 Å². The van der Waals surface area contributed by atoms with Gasteiger partial charge in [0.25, 0.3) is 0 Å². The van der Waals surface area contributed by atoms with E-state index in [0.717, 1.165) is 16.9 Å². The summed E-state index contributed by atoms with van der Waals surface area (Å²) in [7, 11) is 0. The Bertz CT molecular complexity index is 720. The van der Waals surface area contributed by atoms with Gasteiger partial charge in [-0.3, -0.25) is 9.59 Å². The van der Waals surface area contributed by atoms with Gasteiger partial charge in [-0.05, 0) is 68.7 Å². The third kappa shape index (κ3) is 5.23. The monoisotopic (exact) mass is 325 g/mol. The summed E-state index contributed by atoms with van der Waals surface area (Å²) in [5, 5.41) is 2.82. The van der Waals surface area contributed by atoms with Crippen LogP contribution in [0, 0.1) is 13.8 Å². The number of hydrogen-bond donors (Lipinski definition) is 1. The van der Waals surface area contributed by atoms with Crippen molar-refractivity contribution in [2.75, 3.05) is 11.9 Å². The van der Waals surface area contributed by atoms with Crippen molar-refractivity contribution in [1.82, 2.24) is 0 Å². The molecule has 1 amide bonds. The highest BCUT2D eigenvalue weighted by Crippen LogP contribution is 2.19. The lowest BCUT2D eigenvalue weighted by Crippen LogP contribution is -2.13. The minimum Gasteiger partial charge on any atom is -0.493 e. The molecule has 0 unspecified atom stereocenters. The Morgan fingerprint density at radius 3 is 2.42 bits per heavy atom. The van der Waals surface area contributed by atoms with Gasteiger partial charge in [-0.2, -0.15) is 0 Å². The number of benzene rings is 2. The summed E-state index contributed by atoms with van der Waals surface area (Å²) in [4.78, 5) is 23.1. The summed E-state index contributed by atoms with van der Waals surface area (Å²) in [5.41, 5.74) is 3.58. The summed E-state index contributed by atoms with van der Waals surface area (Å²) < 4.78 is 5.74. The number of ether oxygens (including phenoxy) is 1. The fraction of sp³-hybridized carbons (Fsp3) is 0.300. The van der Waals surface area contributed by atoms with Crippen LogP contribution in [0.15, 0.2) is 42.5 Å². The summed E-state index contributed by atoms with van der Waals surface area (Å²) in [6.07, 6.45) is 1.03. The Kier molecular flexibility index (Phi) is 6.13. The van der Waals surface area contributed by atoms with E-state index in [-0.39, 0.29) is 11.7 Å². The van der Waals surface area contributed by atoms with Gasteiger partial charge in [0.1, 0.15) is 5.75 Å². The zero-order valence-corrected chi connectivity index (χ0v) is 14.4. The molecule has 4 nitrogen and oxygen atoms in total. The molecule has 0 fully saturated rings. The van der Waals surface area contributed by atoms with Crippen LogP contribution >= 0.6 is 0 Å². The van der Waals surface area contributed by atoms with Gasteiger partial charge >= 0.3 is 0 Å². The van der Waals surface area contributed by atoms with Crippen LogP contribution < -0.4 is 10.1 Å². The van der Waals surface area contributed by atoms with Gasteiger partial charge in [-0.15, -0.1) is 0 Å². The topological polar surface area (TPSA) is 55.4 Å². The molecule has 4 heteroatoms. The number of rotatable bonds is 7. The molecule has 2 aromatic carbocycles. The lowest BCUT2D eigenvalue weighted by atomic mass is 10.1. The number of ketones is 1. The number of hydrogen-bond acceptors (Lipinski definition) is 3. The van der Waals surface area contributed by atoms with Crippen molar-refractivity contribution in [1.29, 1.82) is 0 Å². The maximum absolute atomic E-state index is 11.9. The van der Waals surface area contributed by atoms with Crippen LogP contribution in [0.4, 0.5) is 5.69 Å². The highest BCUT2D eigenvalue weighted by Gasteiger charge is 2.05. The molecule has 2 rings (SSSR count). The van der Waals surface area contributed by atoms with Crippen molar-refractivity contribution in [3.05, 3.63) is 59.2 Å². The van der Waals surface area contributed by atoms with E-state index in [0.29, 0.717) is 30.7 Å². The number of nitrogens with one attached hydrogen (secondary N) is 1. The number of anilines is 1. The molecule has 0 heterocycles. The molecule has 1 N–H and O–H groups in total. The maximum atomic E-state index is 11.9. The molecule has 0 spiro atoms. The van der Waals surface area contributed by atoms with Crippen LogP contribution in [0.5, 0.6) is 5.75 Å². The fourth-order valence-electron chi connectivity index (χ4n) is 2.29. The zero-order chi connectivity index (χ0) is 17.5. The van der Waals surface area contributed by atoms with E-state index >= 15 is 0 Å². The molecule has 0 aliphatic rings. The Balaban J connectivity index is 1.75. The van der Waals surface area contributed by atoms with E-state index in [1.807, 2.05) is 32.0 Å². The van der Waals surface area contributed by atoms with Crippen LogP contribution in [-0.2, 0) is 4.79 Å². The van der Waals surface area contributed by atoms with Crippen molar-refractivity contribution >= 4 is 17.4 Å². The average Bonchev–Trinajstić information content (AvgIpc) is 2.55. The normalized spacial score (nSPS) is 10.3. The lowest BCUT2D eigenvalue weighted by Gasteiger charge is -2.10. The number of aryl methyl sites for hydroxylation is 2. The summed E-state index contributed by atoms with van der Waals surface area (Å²) >= 11 is 0. The van der Waals surface area contributed by atoms with Crippen LogP contribution in [-0.4, -0.2) is 18.3 Å². The number of amides is 1. The van der Waals surface area contributed by atoms with Crippen molar-refractivity contribution < 1.29 is 14.3 Å². The molecule has 0 radical (unpaired) electrons. The molecule has 0 atom stereocenters. The highest BCUT2D eigenvalue weighted by molar-refractivity contribution is 5.95. The molecule has 0 bridgehead atoms. The van der Waals surface area contributed by atoms with Crippen molar-refractivity contribution in [3.8, 4) is 5.75 Å². The minimum absolute atomic E-state index is 0.0106. The van der Waals surface area contributed by atoms with Crippen LogP contribution in [0.2, 0.25) is 0 Å². The van der Waals surface area contributed by atoms with Crippen molar-refractivity contribution in [3.63, 3.8) is 0 Å². The van der Waals surface area contributed by atoms with Gasteiger partial charge in [-0.25, -0.2) is 0 Å². The van der Waals surface area contributed by atoms with Crippen LogP contribution in [0.1, 0.15) is 41.3 Å². The molecule has 126 valence electrons. The number of carbonyl (C=O) groups is 2. The van der Waals surface area contributed by atoms with Crippen LogP contribution in [0.3, 0.4) is 0 Å². The van der Waals surface area contributed by atoms with Crippen molar-refractivity contribution in [2.45, 2.75) is 33.6 Å². The van der Waals surface area contributed by atoms with E-state index in [1.54, 1.807) is 24.3 Å². The van der Waals surface area contributed by atoms with Gasteiger partial charge < -0.3 is 10.1 Å². The van der Waals surface area contributed by atoms with E-state index in [9.17, 15) is 9.59 Å². The fourth-order valence-corrected chi connectivity index (χ4v) is 2.29. The number of Topliss-reactive ketones (excluding diaryl/α,β-unsaturated/α-hetero) is 1. The Hall–Kier alpha value is -2.62. The first-order chi connectivity index (χ1) is 11.5. The van der Waals surface area contributed by atoms with E-state index in [2.05, 4.69) is 5.32 Å². The second kappa shape index (κ2) is 8.29. The third-order valence-corrected chi connectivity index (χ3v) is 3.72. The van der Waals surface area contributed by atoms with E-state index in [1.165, 1.54) is 6.92 Å². The summed E-state index contributed by atoms with van der Waals surface area (Å²) in [6.45, 7) is 6.05. The molecule has 0 aliphatic heterocycles. The van der Waals surface area contributed by atoms with E-state index in [4.69, 9.17) is 4.74 Å². The molecular weight excluding hydrogens is 302 g/mol. The predicted octanol–water partition coefficient (Wildman–Crippen LogP) is 4.30. The second-order valence-electron chi connectivity index (χ2n) is 5.90. The summed E-state index contributed by atoms with van der Waals surface area (Å²) in [6, 6.07) is 13.0. The van der Waals surface area contributed by atoms with Crippen LogP contribution in [0.25, 0.3) is 0 Å². The minimum atomic E-state index is -0.0601. The molecular formula is C20H23NO3. The molecule has 0 saturated carbocycles. The predicted molar refractivity (Wildman–Crippen MR) is 95.7 cm³/mol. The maximum Gasteiger partial charge on any atom is 0.224 e. The van der Waals surface area contributed by atoms with Crippen molar-refractivity contribution in [2.24, 2.45) is 0 Å². The molecule has 2 aromatic rings. The first kappa shape index (κ1) is 17.7. The quantitative estimate of drug-likeness (QED) is 0.610. The first-order valence-electron chi connectivity index (χ1n) is 8.06. The SMILES string of the molecule is CC(=O)c1ccc(NC(=O)CCCOc2cc(C)ccc2C)cc1. The second-order valence-corrected chi connectivity index (χ2v) is 5.90. The Morgan fingerprint density at radius 2 is 1.75 bits per heavy atom. The molecule has 0 saturated heterocycles. The molecule has 24 heavy (non-hydrogen) atoms. The highest BCUT2D eigenvalue weighted by atomic mass is 16.5. The largest absolute Gasteiger partial charge is 0.493 e. The average molecular weight is 325 g/mol. The van der Waals surface area contributed by atoms with Gasteiger partial charge in [0.2, 0.25) is 5.91 Å². The van der Waals surface area contributed by atoms with Gasteiger partial charge in [0.15, 0.2) is 5.78 Å².